The number of anilines is 1. The Morgan fingerprint density at radius 2 is 2.18 bits per heavy atom. The fourth-order valence-electron chi connectivity index (χ4n) is 1.95. The number of nitrogens with zero attached hydrogens (tertiary/aromatic N) is 2. The van der Waals surface area contributed by atoms with Gasteiger partial charge in [0.1, 0.15) is 11.3 Å². The van der Waals surface area contributed by atoms with Gasteiger partial charge in [0, 0.05) is 12.7 Å². The summed E-state index contributed by atoms with van der Waals surface area (Å²) >= 11 is 0. The van der Waals surface area contributed by atoms with Gasteiger partial charge >= 0.3 is 0 Å². The van der Waals surface area contributed by atoms with E-state index in [0.29, 0.717) is 0 Å². The van der Waals surface area contributed by atoms with Crippen LogP contribution in [0.15, 0.2) is 18.2 Å². The van der Waals surface area contributed by atoms with Gasteiger partial charge in [0.15, 0.2) is 0 Å². The van der Waals surface area contributed by atoms with E-state index in [0.717, 1.165) is 30.9 Å². The van der Waals surface area contributed by atoms with Crippen LogP contribution >= 0.6 is 0 Å². The van der Waals surface area contributed by atoms with Crippen LogP contribution in [0.2, 0.25) is 0 Å². The van der Waals surface area contributed by atoms with Gasteiger partial charge in [0.05, 0.1) is 12.7 Å². The molecule has 3 heteroatoms. The van der Waals surface area contributed by atoms with Crippen molar-refractivity contribution in [1.29, 1.82) is 5.26 Å². The number of aryl methyl sites for hydroxylation is 1. The molecule has 1 aromatic carbocycles. The van der Waals surface area contributed by atoms with Gasteiger partial charge in [0.25, 0.3) is 0 Å². The first-order valence-corrected chi connectivity index (χ1v) is 5.95. The Morgan fingerprint density at radius 1 is 1.41 bits per heavy atom. The van der Waals surface area contributed by atoms with E-state index in [1.807, 2.05) is 37.9 Å². The molecule has 90 valence electrons. The summed E-state index contributed by atoms with van der Waals surface area (Å²) in [7, 11) is 1.95. The van der Waals surface area contributed by atoms with Crippen molar-refractivity contribution in [3.8, 4) is 11.8 Å². The lowest BCUT2D eigenvalue weighted by Crippen LogP contribution is -2.39. The molecule has 0 atom stereocenters. The Hall–Kier alpha value is -1.69. The van der Waals surface area contributed by atoms with Gasteiger partial charge in [-0.3, -0.25) is 0 Å². The van der Waals surface area contributed by atoms with E-state index in [-0.39, 0.29) is 0 Å². The highest BCUT2D eigenvalue weighted by molar-refractivity contribution is 5.55. The van der Waals surface area contributed by atoms with Crippen molar-refractivity contribution < 1.29 is 4.74 Å². The number of fused-ring (bicyclic) bond motifs is 1. The van der Waals surface area contributed by atoms with Crippen molar-refractivity contribution in [3.05, 3.63) is 23.8 Å². The van der Waals surface area contributed by atoms with E-state index in [2.05, 4.69) is 12.1 Å². The maximum Gasteiger partial charge on any atom is 0.122 e. The van der Waals surface area contributed by atoms with E-state index >= 15 is 0 Å². The standard InChI is InChI=1S/C14H18N2O/c1-14(2,10-15)16(3)12-6-7-13-11(9-12)5-4-8-17-13/h6-7,9H,4-5,8H2,1-3H3. The zero-order valence-corrected chi connectivity index (χ0v) is 10.7. The summed E-state index contributed by atoms with van der Waals surface area (Å²) < 4.78 is 5.59. The minimum Gasteiger partial charge on any atom is -0.493 e. The maximum absolute atomic E-state index is 9.15. The van der Waals surface area contributed by atoms with Crippen LogP contribution in [0.4, 0.5) is 5.69 Å². The quantitative estimate of drug-likeness (QED) is 0.783. The maximum atomic E-state index is 9.15. The molecule has 0 N–H and O–H groups in total. The molecule has 0 fully saturated rings. The molecule has 1 aliphatic heterocycles. The van der Waals surface area contributed by atoms with Crippen LogP contribution in [0.1, 0.15) is 25.8 Å². The first kappa shape index (κ1) is 11.8. The highest BCUT2D eigenvalue weighted by Crippen LogP contribution is 2.30. The summed E-state index contributed by atoms with van der Waals surface area (Å²) in [5.74, 6) is 0.989. The van der Waals surface area contributed by atoms with Crippen LogP contribution in [0.3, 0.4) is 0 Å². The number of benzene rings is 1. The van der Waals surface area contributed by atoms with Crippen molar-refractivity contribution in [2.45, 2.75) is 32.2 Å². The summed E-state index contributed by atoms with van der Waals surface area (Å²) in [5.41, 5.74) is 1.82. The van der Waals surface area contributed by atoms with Gasteiger partial charge in [-0.25, -0.2) is 0 Å². The molecule has 1 aliphatic rings. The second kappa shape index (κ2) is 4.29. The lowest BCUT2D eigenvalue weighted by molar-refractivity contribution is 0.288. The molecule has 0 spiro atoms. The second-order valence-electron chi connectivity index (χ2n) is 4.97. The van der Waals surface area contributed by atoms with Crippen LogP contribution in [0.25, 0.3) is 0 Å². The van der Waals surface area contributed by atoms with E-state index in [1.54, 1.807) is 0 Å². The van der Waals surface area contributed by atoms with E-state index < -0.39 is 5.54 Å². The Bertz CT molecular complexity index is 460. The monoisotopic (exact) mass is 230 g/mol. The van der Waals surface area contributed by atoms with Gasteiger partial charge < -0.3 is 9.64 Å². The topological polar surface area (TPSA) is 36.3 Å². The number of ether oxygens (including phenoxy) is 1. The lowest BCUT2D eigenvalue weighted by Gasteiger charge is -2.32. The van der Waals surface area contributed by atoms with Gasteiger partial charge in [-0.2, -0.15) is 5.26 Å². The molecule has 0 saturated heterocycles. The average molecular weight is 230 g/mol. The Balaban J connectivity index is 2.32. The Labute approximate surface area is 103 Å². The van der Waals surface area contributed by atoms with Crippen molar-refractivity contribution in [2.75, 3.05) is 18.6 Å². The van der Waals surface area contributed by atoms with Crippen molar-refractivity contribution in [1.82, 2.24) is 0 Å². The number of nitriles is 1. The number of hydrogen-bond acceptors (Lipinski definition) is 3. The lowest BCUT2D eigenvalue weighted by atomic mass is 10.0. The normalized spacial score (nSPS) is 14.5. The van der Waals surface area contributed by atoms with Gasteiger partial charge in [-0.1, -0.05) is 0 Å². The zero-order valence-electron chi connectivity index (χ0n) is 10.7. The minimum atomic E-state index is -0.496. The van der Waals surface area contributed by atoms with Gasteiger partial charge in [0.2, 0.25) is 0 Å². The predicted molar refractivity (Wildman–Crippen MR) is 68.4 cm³/mol. The number of rotatable bonds is 2. The predicted octanol–water partition coefficient (Wildman–Crippen LogP) is 2.75. The number of hydrogen-bond donors (Lipinski definition) is 0. The molecule has 0 saturated carbocycles. The molecule has 0 bridgehead atoms. The van der Waals surface area contributed by atoms with Gasteiger partial charge in [-0.05, 0) is 50.5 Å². The molecule has 0 amide bonds. The third-order valence-electron chi connectivity index (χ3n) is 3.39. The molecule has 3 nitrogen and oxygen atoms in total. The molecule has 0 radical (unpaired) electrons. The van der Waals surface area contributed by atoms with Crippen molar-refractivity contribution in [3.63, 3.8) is 0 Å². The van der Waals surface area contributed by atoms with Crippen LogP contribution in [0.5, 0.6) is 5.75 Å². The fourth-order valence-corrected chi connectivity index (χ4v) is 1.95. The summed E-state index contributed by atoms with van der Waals surface area (Å²) in [6, 6.07) is 8.47. The summed E-state index contributed by atoms with van der Waals surface area (Å²) in [6.07, 6.45) is 2.13. The third kappa shape index (κ3) is 2.21. The molecule has 0 aromatic heterocycles. The molecule has 17 heavy (non-hydrogen) atoms. The Morgan fingerprint density at radius 3 is 2.88 bits per heavy atom. The van der Waals surface area contributed by atoms with Crippen LogP contribution in [0, 0.1) is 11.3 Å². The summed E-state index contributed by atoms with van der Waals surface area (Å²) in [6.45, 7) is 4.65. The molecular formula is C14H18N2O. The summed E-state index contributed by atoms with van der Waals surface area (Å²) in [4.78, 5) is 2.00. The van der Waals surface area contributed by atoms with Crippen LogP contribution in [-0.4, -0.2) is 19.2 Å². The molecular weight excluding hydrogens is 212 g/mol. The second-order valence-corrected chi connectivity index (χ2v) is 4.97. The smallest absolute Gasteiger partial charge is 0.122 e. The first-order chi connectivity index (χ1) is 8.04. The zero-order chi connectivity index (χ0) is 12.5. The van der Waals surface area contributed by atoms with E-state index in [1.165, 1.54) is 5.56 Å². The highest BCUT2D eigenvalue weighted by Gasteiger charge is 2.24. The van der Waals surface area contributed by atoms with Crippen LogP contribution < -0.4 is 9.64 Å². The van der Waals surface area contributed by atoms with Crippen molar-refractivity contribution >= 4 is 5.69 Å². The minimum absolute atomic E-state index is 0.496. The van der Waals surface area contributed by atoms with E-state index in [4.69, 9.17) is 10.00 Å². The van der Waals surface area contributed by atoms with Crippen LogP contribution in [-0.2, 0) is 6.42 Å². The van der Waals surface area contributed by atoms with Gasteiger partial charge in [-0.15, -0.1) is 0 Å². The van der Waals surface area contributed by atoms with Crippen molar-refractivity contribution in [2.24, 2.45) is 0 Å². The molecule has 0 unspecified atom stereocenters. The first-order valence-electron chi connectivity index (χ1n) is 5.95. The Kier molecular flexibility index (Phi) is 2.97. The molecule has 0 aliphatic carbocycles. The fraction of sp³-hybridized carbons (Fsp3) is 0.500. The third-order valence-corrected chi connectivity index (χ3v) is 3.39. The molecule has 2 rings (SSSR count). The summed E-state index contributed by atoms with van der Waals surface area (Å²) in [5, 5.41) is 9.15. The highest BCUT2D eigenvalue weighted by atomic mass is 16.5. The molecule has 1 aromatic rings. The largest absolute Gasteiger partial charge is 0.493 e. The SMILES string of the molecule is CN(c1ccc2c(c1)CCCO2)C(C)(C)C#N. The molecule has 1 heterocycles. The average Bonchev–Trinajstić information content (AvgIpc) is 2.37. The van der Waals surface area contributed by atoms with E-state index in [9.17, 15) is 0 Å².